The third kappa shape index (κ3) is 6.11. The van der Waals surface area contributed by atoms with Gasteiger partial charge in [0, 0.05) is 22.2 Å². The number of ether oxygens (including phenoxy) is 2. The quantitative estimate of drug-likeness (QED) is 0.412. The topological polar surface area (TPSA) is 88.4 Å². The highest BCUT2D eigenvalue weighted by Gasteiger charge is 2.15. The second-order valence-electron chi connectivity index (χ2n) is 6.41. The predicted molar refractivity (Wildman–Crippen MR) is 119 cm³/mol. The zero-order valence-electron chi connectivity index (χ0n) is 16.8. The Balaban J connectivity index is 1.61. The number of nitrogens with zero attached hydrogens (tertiary/aromatic N) is 1. The lowest BCUT2D eigenvalue weighted by molar-refractivity contribution is -0.113. The number of hydrogen-bond acceptors (Lipinski definition) is 6. The van der Waals surface area contributed by atoms with Gasteiger partial charge < -0.3 is 14.8 Å². The molecule has 0 fully saturated rings. The molecule has 7 heteroatoms. The Morgan fingerprint density at radius 2 is 1.81 bits per heavy atom. The SMILES string of the molecule is COc1cccc(NC(=O)CSc2ccccc2C(=O)OCc2ccccc2C#N)c1. The number of methoxy groups -OCH3 is 1. The molecule has 156 valence electrons. The van der Waals surface area contributed by atoms with Gasteiger partial charge in [-0.3, -0.25) is 4.79 Å². The summed E-state index contributed by atoms with van der Waals surface area (Å²) in [5.74, 6) is 0.0589. The molecule has 0 bridgehead atoms. The largest absolute Gasteiger partial charge is 0.497 e. The fourth-order valence-electron chi connectivity index (χ4n) is 2.78. The summed E-state index contributed by atoms with van der Waals surface area (Å²) < 4.78 is 10.6. The molecular formula is C24H20N2O4S. The summed E-state index contributed by atoms with van der Waals surface area (Å²) in [4.78, 5) is 25.6. The van der Waals surface area contributed by atoms with Crippen LogP contribution in [0, 0.1) is 11.3 Å². The van der Waals surface area contributed by atoms with Gasteiger partial charge in [-0.2, -0.15) is 5.26 Å². The van der Waals surface area contributed by atoms with Gasteiger partial charge in [-0.15, -0.1) is 11.8 Å². The maximum absolute atomic E-state index is 12.6. The summed E-state index contributed by atoms with van der Waals surface area (Å²) in [7, 11) is 1.56. The molecule has 0 spiro atoms. The Morgan fingerprint density at radius 1 is 1.03 bits per heavy atom. The van der Waals surface area contributed by atoms with E-state index < -0.39 is 5.97 Å². The van der Waals surface area contributed by atoms with Gasteiger partial charge in [-0.05, 0) is 30.3 Å². The van der Waals surface area contributed by atoms with Gasteiger partial charge in [0.25, 0.3) is 0 Å². The number of amides is 1. The first kappa shape index (κ1) is 21.9. The highest BCUT2D eigenvalue weighted by Crippen LogP contribution is 2.24. The number of nitrogens with one attached hydrogen (secondary N) is 1. The van der Waals surface area contributed by atoms with E-state index in [2.05, 4.69) is 11.4 Å². The summed E-state index contributed by atoms with van der Waals surface area (Å²) in [6.07, 6.45) is 0. The van der Waals surface area contributed by atoms with Crippen molar-refractivity contribution in [1.29, 1.82) is 5.26 Å². The van der Waals surface area contributed by atoms with E-state index in [4.69, 9.17) is 14.7 Å². The lowest BCUT2D eigenvalue weighted by Gasteiger charge is -2.11. The minimum atomic E-state index is -0.510. The van der Waals surface area contributed by atoms with Crippen LogP contribution < -0.4 is 10.1 Å². The maximum Gasteiger partial charge on any atom is 0.339 e. The van der Waals surface area contributed by atoms with Crippen LogP contribution in [0.15, 0.2) is 77.7 Å². The third-order valence-corrected chi connectivity index (χ3v) is 5.39. The fourth-order valence-corrected chi connectivity index (χ4v) is 3.62. The van der Waals surface area contributed by atoms with E-state index >= 15 is 0 Å². The van der Waals surface area contributed by atoms with Gasteiger partial charge in [0.1, 0.15) is 12.4 Å². The molecule has 0 saturated heterocycles. The van der Waals surface area contributed by atoms with Crippen molar-refractivity contribution in [3.8, 4) is 11.8 Å². The lowest BCUT2D eigenvalue weighted by atomic mass is 10.1. The van der Waals surface area contributed by atoms with Crippen LogP contribution in [0.4, 0.5) is 5.69 Å². The summed E-state index contributed by atoms with van der Waals surface area (Å²) >= 11 is 1.25. The molecule has 0 radical (unpaired) electrons. The van der Waals surface area contributed by atoms with Crippen LogP contribution in [0.1, 0.15) is 21.5 Å². The van der Waals surface area contributed by atoms with Crippen molar-refractivity contribution in [2.75, 3.05) is 18.2 Å². The van der Waals surface area contributed by atoms with Crippen molar-refractivity contribution >= 4 is 29.3 Å². The van der Waals surface area contributed by atoms with Crippen molar-refractivity contribution < 1.29 is 19.1 Å². The Kier molecular flexibility index (Phi) is 7.68. The van der Waals surface area contributed by atoms with Gasteiger partial charge in [0.2, 0.25) is 5.91 Å². The molecule has 0 atom stereocenters. The van der Waals surface area contributed by atoms with Gasteiger partial charge >= 0.3 is 5.97 Å². The molecule has 0 aliphatic heterocycles. The van der Waals surface area contributed by atoms with E-state index in [-0.39, 0.29) is 18.3 Å². The Hall–Kier alpha value is -3.76. The first-order chi connectivity index (χ1) is 15.1. The molecular weight excluding hydrogens is 412 g/mol. The first-order valence-electron chi connectivity index (χ1n) is 9.41. The number of anilines is 1. The number of thioether (sulfide) groups is 1. The van der Waals surface area contributed by atoms with Gasteiger partial charge in [-0.1, -0.05) is 36.4 Å². The number of esters is 1. The molecule has 6 nitrogen and oxygen atoms in total. The molecule has 0 heterocycles. The van der Waals surface area contributed by atoms with Crippen LogP contribution in [0.2, 0.25) is 0 Å². The van der Waals surface area contributed by atoms with Crippen LogP contribution in [-0.2, 0) is 16.1 Å². The minimum Gasteiger partial charge on any atom is -0.497 e. The van der Waals surface area contributed by atoms with E-state index in [1.165, 1.54) is 11.8 Å². The molecule has 3 aromatic rings. The van der Waals surface area contributed by atoms with Gasteiger partial charge in [0.15, 0.2) is 0 Å². The summed E-state index contributed by atoms with van der Waals surface area (Å²) in [6.45, 7) is -0.00209. The fraction of sp³-hybridized carbons (Fsp3) is 0.125. The second kappa shape index (κ2) is 10.9. The molecule has 0 aliphatic rings. The molecule has 0 unspecified atom stereocenters. The number of benzene rings is 3. The van der Waals surface area contributed by atoms with Crippen molar-refractivity contribution in [2.24, 2.45) is 0 Å². The standard InChI is InChI=1S/C24H20N2O4S/c1-29-20-10-6-9-19(13-20)26-23(27)16-31-22-12-5-4-11-21(22)24(28)30-15-18-8-3-2-7-17(18)14-25/h2-13H,15-16H2,1H3,(H,26,27). The smallest absolute Gasteiger partial charge is 0.339 e. The van der Waals surface area contributed by atoms with Crippen molar-refractivity contribution in [3.05, 3.63) is 89.5 Å². The van der Waals surface area contributed by atoms with Crippen LogP contribution in [-0.4, -0.2) is 24.7 Å². The average molecular weight is 433 g/mol. The summed E-state index contributed by atoms with van der Waals surface area (Å²) in [5.41, 5.74) is 2.11. The van der Waals surface area contributed by atoms with Crippen LogP contribution in [0.3, 0.4) is 0 Å². The molecule has 3 rings (SSSR count). The molecule has 1 N–H and O–H groups in total. The summed E-state index contributed by atoms with van der Waals surface area (Å²) in [5, 5.41) is 12.0. The van der Waals surface area contributed by atoms with Gasteiger partial charge in [0.05, 0.1) is 30.1 Å². The molecule has 0 saturated carbocycles. The zero-order chi connectivity index (χ0) is 22.1. The second-order valence-corrected chi connectivity index (χ2v) is 7.43. The number of hydrogen-bond donors (Lipinski definition) is 1. The van der Waals surface area contributed by atoms with Crippen molar-refractivity contribution in [3.63, 3.8) is 0 Å². The predicted octanol–water partition coefficient (Wildman–Crippen LogP) is 4.65. The summed E-state index contributed by atoms with van der Waals surface area (Å²) in [6, 6.07) is 23.1. The molecule has 1 amide bonds. The Bertz CT molecular complexity index is 1120. The minimum absolute atomic E-state index is 0.00209. The number of nitriles is 1. The average Bonchev–Trinajstić information content (AvgIpc) is 2.81. The Labute approximate surface area is 184 Å². The highest BCUT2D eigenvalue weighted by molar-refractivity contribution is 8.00. The van der Waals surface area contributed by atoms with E-state index in [1.54, 1.807) is 79.9 Å². The number of carbonyl (C=O) groups excluding carboxylic acids is 2. The normalized spacial score (nSPS) is 10.1. The van der Waals surface area contributed by atoms with E-state index in [9.17, 15) is 9.59 Å². The third-order valence-electron chi connectivity index (χ3n) is 4.32. The van der Waals surface area contributed by atoms with Crippen molar-refractivity contribution in [2.45, 2.75) is 11.5 Å². The first-order valence-corrected chi connectivity index (χ1v) is 10.4. The Morgan fingerprint density at radius 3 is 2.61 bits per heavy atom. The van der Waals surface area contributed by atoms with Gasteiger partial charge in [-0.25, -0.2) is 4.79 Å². The van der Waals surface area contributed by atoms with E-state index in [1.807, 2.05) is 0 Å². The van der Waals surface area contributed by atoms with Crippen molar-refractivity contribution in [1.82, 2.24) is 0 Å². The zero-order valence-corrected chi connectivity index (χ0v) is 17.6. The van der Waals surface area contributed by atoms with Crippen LogP contribution in [0.25, 0.3) is 0 Å². The number of carbonyl (C=O) groups is 2. The highest BCUT2D eigenvalue weighted by atomic mass is 32.2. The monoisotopic (exact) mass is 432 g/mol. The molecule has 31 heavy (non-hydrogen) atoms. The van der Waals surface area contributed by atoms with Crippen LogP contribution >= 0.6 is 11.8 Å². The van der Waals surface area contributed by atoms with Crippen LogP contribution in [0.5, 0.6) is 5.75 Å². The molecule has 3 aromatic carbocycles. The van der Waals surface area contributed by atoms with E-state index in [0.717, 1.165) is 0 Å². The lowest BCUT2D eigenvalue weighted by Crippen LogP contribution is -2.14. The van der Waals surface area contributed by atoms with E-state index in [0.29, 0.717) is 33.0 Å². The molecule has 0 aliphatic carbocycles. The molecule has 0 aromatic heterocycles. The number of rotatable bonds is 8. The maximum atomic E-state index is 12.6.